The second-order valence-corrected chi connectivity index (χ2v) is 4.60. The smallest absolute Gasteiger partial charge is 0.370 e. The summed E-state index contributed by atoms with van der Waals surface area (Å²) in [5.41, 5.74) is 10.6. The minimum Gasteiger partial charge on any atom is -0.478 e. The number of aliphatic imine (C=N–C) groups is 2. The summed E-state index contributed by atoms with van der Waals surface area (Å²) in [7, 11) is 0. The van der Waals surface area contributed by atoms with Crippen molar-refractivity contribution >= 4 is 18.1 Å². The molecular weight excluding hydrogens is 296 g/mol. The monoisotopic (exact) mass is 316 g/mol. The van der Waals surface area contributed by atoms with Crippen molar-refractivity contribution in [2.24, 2.45) is 21.5 Å². The first-order valence-corrected chi connectivity index (χ1v) is 6.47. The normalized spacial score (nSPS) is 27.6. The maximum absolute atomic E-state index is 11.1. The van der Waals surface area contributed by atoms with Gasteiger partial charge in [0, 0.05) is 0 Å². The Morgan fingerprint density at radius 1 is 1.50 bits per heavy atom. The van der Waals surface area contributed by atoms with E-state index in [2.05, 4.69) is 9.98 Å². The van der Waals surface area contributed by atoms with Crippen LogP contribution >= 0.6 is 0 Å². The van der Waals surface area contributed by atoms with Gasteiger partial charge in [-0.2, -0.15) is 0 Å². The number of nitrogens with zero attached hydrogens (tertiary/aromatic N) is 2. The maximum Gasteiger partial charge on any atom is 0.370 e. The van der Waals surface area contributed by atoms with E-state index in [1.807, 2.05) is 0 Å². The molecule has 10 nitrogen and oxygen atoms in total. The molecule has 0 bridgehead atoms. The number of carboxylic acid groups (broad SMARTS) is 1. The summed E-state index contributed by atoms with van der Waals surface area (Å²) in [5, 5.41) is 37.6. The summed E-state index contributed by atoms with van der Waals surface area (Å²) >= 11 is 0. The van der Waals surface area contributed by atoms with Crippen molar-refractivity contribution in [1.82, 2.24) is 0 Å². The quantitative estimate of drug-likeness (QED) is 0.223. The van der Waals surface area contributed by atoms with E-state index in [0.29, 0.717) is 0 Å². The highest BCUT2D eigenvalue weighted by Gasteiger charge is 2.42. The number of aliphatic carboxylic acids is 1. The molecule has 1 aliphatic heterocycles. The molecule has 22 heavy (non-hydrogen) atoms. The average Bonchev–Trinajstić information content (AvgIpc) is 2.46. The minimum absolute atomic E-state index is 0.292. The number of carbonyl (C=O) groups is 1. The van der Waals surface area contributed by atoms with Gasteiger partial charge in [-0.3, -0.25) is 4.99 Å². The summed E-state index contributed by atoms with van der Waals surface area (Å²) in [6, 6.07) is -1.77. The molecule has 0 radical (unpaired) electrons. The molecule has 0 aromatic carbocycles. The third-order valence-electron chi connectivity index (χ3n) is 3.02. The first-order valence-electron chi connectivity index (χ1n) is 6.47. The van der Waals surface area contributed by atoms with Crippen molar-refractivity contribution in [1.29, 1.82) is 0 Å². The fourth-order valence-electron chi connectivity index (χ4n) is 2.05. The summed E-state index contributed by atoms with van der Waals surface area (Å²) in [6.07, 6.45) is -1.80. The van der Waals surface area contributed by atoms with Crippen molar-refractivity contribution in [3.8, 4) is 0 Å². The van der Waals surface area contributed by atoms with Gasteiger partial charge < -0.3 is 36.6 Å². The number of carboxylic acids is 1. The lowest BCUT2D eigenvalue weighted by molar-refractivity contribution is -0.144. The van der Waals surface area contributed by atoms with Crippen LogP contribution in [-0.4, -0.2) is 75.6 Å². The molecule has 124 valence electrons. The average molecular weight is 316 g/mol. The first kappa shape index (κ1) is 17.9. The molecule has 0 saturated carbocycles. The van der Waals surface area contributed by atoms with Gasteiger partial charge in [0.1, 0.15) is 24.3 Å². The molecule has 0 spiro atoms. The second kappa shape index (κ2) is 7.73. The van der Waals surface area contributed by atoms with Crippen LogP contribution in [0, 0.1) is 0 Å². The molecule has 0 amide bonds. The highest BCUT2D eigenvalue weighted by Crippen LogP contribution is 2.26. The Morgan fingerprint density at radius 2 is 2.14 bits per heavy atom. The van der Waals surface area contributed by atoms with Gasteiger partial charge in [-0.25, -0.2) is 9.79 Å². The molecule has 0 saturated heterocycles. The van der Waals surface area contributed by atoms with E-state index in [0.717, 1.165) is 6.08 Å². The van der Waals surface area contributed by atoms with Gasteiger partial charge in [0.05, 0.1) is 6.61 Å². The van der Waals surface area contributed by atoms with Crippen LogP contribution in [0.25, 0.3) is 0 Å². The number of hydrogen-bond donors (Lipinski definition) is 6. The molecular formula is C12H20N4O6. The lowest BCUT2D eigenvalue weighted by atomic mass is 9.93. The van der Waals surface area contributed by atoms with Crippen LogP contribution in [0.1, 0.15) is 6.92 Å². The molecule has 1 rings (SSSR count). The molecule has 8 N–H and O–H groups in total. The Bertz CT molecular complexity index is 488. The predicted octanol–water partition coefficient (Wildman–Crippen LogP) is -2.83. The highest BCUT2D eigenvalue weighted by molar-refractivity contribution is 5.85. The summed E-state index contributed by atoms with van der Waals surface area (Å²) < 4.78 is 5.19. The zero-order chi connectivity index (χ0) is 16.9. The van der Waals surface area contributed by atoms with Crippen LogP contribution in [0.15, 0.2) is 21.8 Å². The van der Waals surface area contributed by atoms with Gasteiger partial charge in [0.15, 0.2) is 12.1 Å². The van der Waals surface area contributed by atoms with E-state index in [-0.39, 0.29) is 5.96 Å². The van der Waals surface area contributed by atoms with Gasteiger partial charge in [0.25, 0.3) is 0 Å². The van der Waals surface area contributed by atoms with E-state index in [9.17, 15) is 15.0 Å². The largest absolute Gasteiger partial charge is 0.478 e. The Kier molecular flexibility index (Phi) is 6.28. The molecule has 5 atom stereocenters. The third kappa shape index (κ3) is 4.16. The first-order chi connectivity index (χ1) is 10.3. The molecule has 0 aromatic rings. The lowest BCUT2D eigenvalue weighted by Crippen LogP contribution is -2.52. The topological polar surface area (TPSA) is 184 Å². The third-order valence-corrected chi connectivity index (χ3v) is 3.02. The van der Waals surface area contributed by atoms with Crippen molar-refractivity contribution < 1.29 is 30.0 Å². The van der Waals surface area contributed by atoms with Gasteiger partial charge >= 0.3 is 5.97 Å². The van der Waals surface area contributed by atoms with Gasteiger partial charge in [-0.1, -0.05) is 0 Å². The van der Waals surface area contributed by atoms with Gasteiger partial charge in [-0.05, 0) is 19.2 Å². The Morgan fingerprint density at radius 3 is 2.59 bits per heavy atom. The number of nitrogens with two attached hydrogens (primary N) is 2. The maximum atomic E-state index is 11.1. The van der Waals surface area contributed by atoms with Crippen LogP contribution in [0.2, 0.25) is 0 Å². The number of aliphatic hydroxyl groups excluding tert-OH is 3. The Balaban J connectivity index is 3.26. The second-order valence-electron chi connectivity index (χ2n) is 4.60. The zero-order valence-electron chi connectivity index (χ0n) is 11.9. The summed E-state index contributed by atoms with van der Waals surface area (Å²) in [5.74, 6) is -2.16. The Labute approximate surface area is 126 Å². The van der Waals surface area contributed by atoms with E-state index < -0.39 is 48.7 Å². The van der Waals surface area contributed by atoms with Crippen LogP contribution in [0.5, 0.6) is 0 Å². The molecule has 0 unspecified atom stereocenters. The van der Waals surface area contributed by atoms with Crippen molar-refractivity contribution in [3.05, 3.63) is 11.8 Å². The van der Waals surface area contributed by atoms with Crippen LogP contribution in [0.4, 0.5) is 0 Å². The molecule has 0 fully saturated rings. The van der Waals surface area contributed by atoms with E-state index in [1.165, 1.54) is 6.21 Å². The number of aliphatic hydroxyl groups is 3. The minimum atomic E-state index is -1.58. The van der Waals surface area contributed by atoms with Gasteiger partial charge in [-0.15, -0.1) is 0 Å². The van der Waals surface area contributed by atoms with Crippen LogP contribution in [0.3, 0.4) is 0 Å². The number of guanidine groups is 1. The van der Waals surface area contributed by atoms with Crippen molar-refractivity contribution in [3.63, 3.8) is 0 Å². The van der Waals surface area contributed by atoms with E-state index >= 15 is 0 Å². The predicted molar refractivity (Wildman–Crippen MR) is 77.2 cm³/mol. The molecule has 0 aromatic heterocycles. The molecule has 1 heterocycles. The van der Waals surface area contributed by atoms with E-state index in [4.69, 9.17) is 26.4 Å². The fourth-order valence-corrected chi connectivity index (χ4v) is 2.05. The van der Waals surface area contributed by atoms with Crippen molar-refractivity contribution in [2.75, 3.05) is 6.61 Å². The molecule has 1 aliphatic rings. The molecule has 0 aliphatic carbocycles. The summed E-state index contributed by atoms with van der Waals surface area (Å²) in [4.78, 5) is 19.1. The van der Waals surface area contributed by atoms with Crippen LogP contribution < -0.4 is 11.5 Å². The standard InChI is InChI=1S/C12H20N4O6/c1-2-15-8-5(16-12(13)14)3-7(11(20)21)22-10(8)9(19)6(18)4-17/h2-3,5-6,8-10,17-19H,4H2,1H3,(H,20,21)(H4,13,14,16)/t5-,6+,8+,9+,10+/m0/s1. The zero-order valence-corrected chi connectivity index (χ0v) is 11.9. The lowest BCUT2D eigenvalue weighted by Gasteiger charge is -2.36. The van der Waals surface area contributed by atoms with E-state index in [1.54, 1.807) is 6.92 Å². The van der Waals surface area contributed by atoms with Crippen molar-refractivity contribution in [2.45, 2.75) is 37.3 Å². The highest BCUT2D eigenvalue weighted by atomic mass is 16.5. The van der Waals surface area contributed by atoms with Gasteiger partial charge in [0.2, 0.25) is 5.76 Å². The summed E-state index contributed by atoms with van der Waals surface area (Å²) in [6.45, 7) is 0.873. The SMILES string of the molecule is CC=N[C@H]1[C@H]([C@H](O)[C@H](O)CO)OC(C(=O)O)=C[C@@H]1N=C(N)N. The van der Waals surface area contributed by atoms with Crippen LogP contribution in [-0.2, 0) is 9.53 Å². The molecule has 10 heteroatoms. The number of hydrogen-bond acceptors (Lipinski definition) is 7. The Hall–Kier alpha value is -2.17. The number of rotatable bonds is 6. The number of ether oxygens (including phenoxy) is 1. The fraction of sp³-hybridized carbons (Fsp3) is 0.583.